The van der Waals surface area contributed by atoms with Crippen molar-refractivity contribution in [1.82, 2.24) is 5.32 Å². The van der Waals surface area contributed by atoms with Crippen molar-refractivity contribution in [3.05, 3.63) is 35.8 Å². The number of ether oxygens (including phenoxy) is 1. The van der Waals surface area contributed by atoms with Crippen molar-refractivity contribution in [2.75, 3.05) is 20.3 Å². The van der Waals surface area contributed by atoms with Gasteiger partial charge in [-0.2, -0.15) is 0 Å². The van der Waals surface area contributed by atoms with E-state index in [9.17, 15) is 9.18 Å². The maximum Gasteiger partial charge on any atom is 0.224 e. The summed E-state index contributed by atoms with van der Waals surface area (Å²) in [6, 6.07) is 4.28. The summed E-state index contributed by atoms with van der Waals surface area (Å²) in [5.41, 5.74) is 1.28. The Kier molecular flexibility index (Phi) is 4.52. The van der Waals surface area contributed by atoms with Gasteiger partial charge >= 0.3 is 0 Å². The smallest absolute Gasteiger partial charge is 0.224 e. The van der Waals surface area contributed by atoms with Crippen LogP contribution in [-0.4, -0.2) is 26.2 Å². The van der Waals surface area contributed by atoms with Crippen LogP contribution in [-0.2, 0) is 16.0 Å². The van der Waals surface area contributed by atoms with Gasteiger partial charge in [0.2, 0.25) is 5.91 Å². The van der Waals surface area contributed by atoms with Gasteiger partial charge in [0.15, 0.2) is 0 Å². The molecule has 0 fully saturated rings. The van der Waals surface area contributed by atoms with Gasteiger partial charge < -0.3 is 14.5 Å². The highest BCUT2D eigenvalue weighted by atomic mass is 19.1. The first kappa shape index (κ1) is 13.5. The Morgan fingerprint density at radius 2 is 2.32 bits per heavy atom. The zero-order valence-corrected chi connectivity index (χ0v) is 10.7. The molecule has 1 aromatic heterocycles. The lowest BCUT2D eigenvalue weighted by atomic mass is 10.1. The Balaban J connectivity index is 1.97. The molecule has 1 N–H and O–H groups in total. The molecule has 2 rings (SSSR count). The van der Waals surface area contributed by atoms with E-state index in [1.165, 1.54) is 18.4 Å². The van der Waals surface area contributed by atoms with E-state index in [0.29, 0.717) is 29.7 Å². The fraction of sp³-hybridized carbons (Fsp3) is 0.357. The van der Waals surface area contributed by atoms with Crippen LogP contribution in [0.4, 0.5) is 4.39 Å². The largest absolute Gasteiger partial charge is 0.464 e. The van der Waals surface area contributed by atoms with E-state index in [4.69, 9.17) is 9.15 Å². The summed E-state index contributed by atoms with van der Waals surface area (Å²) < 4.78 is 23.3. The number of carbonyl (C=O) groups excluding carboxylic acids is 1. The van der Waals surface area contributed by atoms with Gasteiger partial charge in [-0.3, -0.25) is 4.79 Å². The first-order valence-electron chi connectivity index (χ1n) is 6.12. The predicted molar refractivity (Wildman–Crippen MR) is 69.4 cm³/mol. The molecule has 0 saturated carbocycles. The van der Waals surface area contributed by atoms with Crippen LogP contribution < -0.4 is 5.32 Å². The molecule has 1 amide bonds. The molecular formula is C14H16FNO3. The summed E-state index contributed by atoms with van der Waals surface area (Å²) in [5.74, 6) is -0.446. The molecule has 1 aromatic carbocycles. The Morgan fingerprint density at radius 3 is 3.11 bits per heavy atom. The summed E-state index contributed by atoms with van der Waals surface area (Å²) in [7, 11) is 1.62. The van der Waals surface area contributed by atoms with Crippen molar-refractivity contribution in [2.45, 2.75) is 12.8 Å². The molecule has 0 unspecified atom stereocenters. The average Bonchev–Trinajstić information content (AvgIpc) is 2.77. The highest BCUT2D eigenvalue weighted by Gasteiger charge is 2.10. The van der Waals surface area contributed by atoms with Crippen LogP contribution in [0.25, 0.3) is 11.0 Å². The number of hydrogen-bond acceptors (Lipinski definition) is 3. The number of carbonyl (C=O) groups is 1. The summed E-state index contributed by atoms with van der Waals surface area (Å²) >= 11 is 0. The fourth-order valence-electron chi connectivity index (χ4n) is 1.87. The molecule has 0 saturated heterocycles. The molecule has 4 nitrogen and oxygen atoms in total. The minimum Gasteiger partial charge on any atom is -0.464 e. The molecule has 0 aliphatic carbocycles. The number of furan rings is 1. The average molecular weight is 265 g/mol. The number of hydrogen-bond donors (Lipinski definition) is 1. The van der Waals surface area contributed by atoms with Crippen LogP contribution in [0.5, 0.6) is 0 Å². The second-order valence-corrected chi connectivity index (χ2v) is 4.27. The van der Waals surface area contributed by atoms with Crippen molar-refractivity contribution < 1.29 is 18.3 Å². The maximum absolute atomic E-state index is 13.2. The first-order chi connectivity index (χ1) is 9.20. The van der Waals surface area contributed by atoms with Gasteiger partial charge in [0.25, 0.3) is 0 Å². The van der Waals surface area contributed by atoms with Crippen LogP contribution in [0.1, 0.15) is 12.0 Å². The molecule has 102 valence electrons. The minimum atomic E-state index is -0.337. The molecule has 19 heavy (non-hydrogen) atoms. The van der Waals surface area contributed by atoms with Crippen molar-refractivity contribution in [3.8, 4) is 0 Å². The van der Waals surface area contributed by atoms with E-state index >= 15 is 0 Å². The van der Waals surface area contributed by atoms with Crippen molar-refractivity contribution in [3.63, 3.8) is 0 Å². The van der Waals surface area contributed by atoms with Crippen LogP contribution in [0, 0.1) is 5.82 Å². The lowest BCUT2D eigenvalue weighted by Crippen LogP contribution is -2.26. The third-order valence-corrected chi connectivity index (χ3v) is 2.81. The van der Waals surface area contributed by atoms with Crippen LogP contribution in [0.3, 0.4) is 0 Å². The lowest BCUT2D eigenvalue weighted by molar-refractivity contribution is -0.120. The summed E-state index contributed by atoms with van der Waals surface area (Å²) in [4.78, 5) is 11.7. The Labute approximate surface area is 110 Å². The predicted octanol–water partition coefficient (Wildman–Crippen LogP) is 2.27. The monoisotopic (exact) mass is 265 g/mol. The SMILES string of the molecule is COCCCNC(=O)Cc1coc2ccc(F)cc12. The quantitative estimate of drug-likeness (QED) is 0.815. The topological polar surface area (TPSA) is 51.5 Å². The number of benzene rings is 1. The molecule has 0 radical (unpaired) electrons. The molecule has 2 aromatic rings. The summed E-state index contributed by atoms with van der Waals surface area (Å²) in [6.07, 6.45) is 2.45. The second-order valence-electron chi connectivity index (χ2n) is 4.27. The van der Waals surface area contributed by atoms with E-state index in [0.717, 1.165) is 6.42 Å². The second kappa shape index (κ2) is 6.33. The first-order valence-corrected chi connectivity index (χ1v) is 6.12. The van der Waals surface area contributed by atoms with Gasteiger partial charge in [0.05, 0.1) is 12.7 Å². The number of amides is 1. The van der Waals surface area contributed by atoms with E-state index in [1.54, 1.807) is 13.2 Å². The third kappa shape index (κ3) is 3.54. The molecule has 0 aliphatic rings. The van der Waals surface area contributed by atoms with Gasteiger partial charge in [0, 0.05) is 31.2 Å². The fourth-order valence-corrected chi connectivity index (χ4v) is 1.87. The molecule has 0 aliphatic heterocycles. The third-order valence-electron chi connectivity index (χ3n) is 2.81. The Morgan fingerprint density at radius 1 is 1.47 bits per heavy atom. The normalized spacial score (nSPS) is 10.8. The van der Waals surface area contributed by atoms with E-state index in [-0.39, 0.29) is 18.1 Å². The maximum atomic E-state index is 13.2. The molecular weight excluding hydrogens is 249 g/mol. The molecule has 0 atom stereocenters. The van der Waals surface area contributed by atoms with Gasteiger partial charge in [0.1, 0.15) is 11.4 Å². The van der Waals surface area contributed by atoms with E-state index < -0.39 is 0 Å². The number of nitrogens with one attached hydrogen (secondary N) is 1. The molecule has 0 bridgehead atoms. The number of methoxy groups -OCH3 is 1. The Hall–Kier alpha value is -1.88. The highest BCUT2D eigenvalue weighted by Crippen LogP contribution is 2.22. The van der Waals surface area contributed by atoms with Crippen molar-refractivity contribution >= 4 is 16.9 Å². The van der Waals surface area contributed by atoms with Crippen molar-refractivity contribution in [2.24, 2.45) is 0 Å². The number of fused-ring (bicyclic) bond motifs is 1. The number of halogens is 1. The van der Waals surface area contributed by atoms with Gasteiger partial charge in [-0.15, -0.1) is 0 Å². The molecule has 1 heterocycles. The number of rotatable bonds is 6. The molecule has 0 spiro atoms. The van der Waals surface area contributed by atoms with E-state index in [2.05, 4.69) is 5.32 Å². The minimum absolute atomic E-state index is 0.108. The standard InChI is InChI=1S/C14H16FNO3/c1-18-6-2-5-16-14(17)7-10-9-19-13-4-3-11(15)8-12(10)13/h3-4,8-9H,2,5-7H2,1H3,(H,16,17). The van der Waals surface area contributed by atoms with Gasteiger partial charge in [-0.1, -0.05) is 0 Å². The van der Waals surface area contributed by atoms with E-state index in [1.807, 2.05) is 0 Å². The summed E-state index contributed by atoms with van der Waals surface area (Å²) in [5, 5.41) is 3.43. The zero-order chi connectivity index (χ0) is 13.7. The van der Waals surface area contributed by atoms with Crippen LogP contribution in [0.2, 0.25) is 0 Å². The lowest BCUT2D eigenvalue weighted by Gasteiger charge is -2.03. The summed E-state index contributed by atoms with van der Waals surface area (Å²) in [6.45, 7) is 1.18. The van der Waals surface area contributed by atoms with Gasteiger partial charge in [-0.05, 0) is 24.6 Å². The van der Waals surface area contributed by atoms with Gasteiger partial charge in [-0.25, -0.2) is 4.39 Å². The highest BCUT2D eigenvalue weighted by molar-refractivity contribution is 5.87. The zero-order valence-electron chi connectivity index (χ0n) is 10.7. The molecule has 5 heteroatoms. The Bertz CT molecular complexity index is 565. The van der Waals surface area contributed by atoms with Crippen molar-refractivity contribution in [1.29, 1.82) is 0 Å². The van der Waals surface area contributed by atoms with Crippen LogP contribution in [0.15, 0.2) is 28.9 Å². The van der Waals surface area contributed by atoms with Crippen LogP contribution >= 0.6 is 0 Å².